The molecule has 32 heavy (non-hydrogen) atoms. The Balaban J connectivity index is 2.02. The number of hydrogen-bond acceptors (Lipinski definition) is 5. The van der Waals surface area contributed by atoms with Crippen molar-refractivity contribution in [3.05, 3.63) is 65.2 Å². The highest BCUT2D eigenvalue weighted by Gasteiger charge is 2.23. The smallest absolute Gasteiger partial charge is 0.407 e. The van der Waals surface area contributed by atoms with Gasteiger partial charge in [0.1, 0.15) is 11.4 Å². The lowest BCUT2D eigenvalue weighted by molar-refractivity contribution is -0.139. The van der Waals surface area contributed by atoms with Gasteiger partial charge >= 0.3 is 12.1 Å². The molecule has 172 valence electrons. The summed E-state index contributed by atoms with van der Waals surface area (Å²) >= 11 is 0. The highest BCUT2D eigenvalue weighted by molar-refractivity contribution is 5.96. The Morgan fingerprint density at radius 2 is 1.56 bits per heavy atom. The van der Waals surface area contributed by atoms with Gasteiger partial charge in [-0.25, -0.2) is 9.59 Å². The van der Waals surface area contributed by atoms with Crippen LogP contribution in [0.3, 0.4) is 0 Å². The van der Waals surface area contributed by atoms with Crippen LogP contribution in [-0.4, -0.2) is 34.8 Å². The highest BCUT2D eigenvalue weighted by Crippen LogP contribution is 2.18. The standard InChI is InChI=1S/C24H30N2O6/c1-15(2)31-19-12-10-18(11-13-19)21(27)26-20(22(28)29)17-8-6-16(7-9-17)14-25-23(30)32-24(3,4)5/h6-13,15,20H,14H2,1-5H3,(H,25,30)(H,26,27)(H,28,29). The largest absolute Gasteiger partial charge is 0.491 e. The number of amides is 2. The lowest BCUT2D eigenvalue weighted by Crippen LogP contribution is -2.34. The number of carboxylic acid groups (broad SMARTS) is 1. The molecule has 8 nitrogen and oxygen atoms in total. The van der Waals surface area contributed by atoms with Crippen molar-refractivity contribution in [3.63, 3.8) is 0 Å². The van der Waals surface area contributed by atoms with Gasteiger partial charge in [-0.2, -0.15) is 0 Å². The fraction of sp³-hybridized carbons (Fsp3) is 0.375. The van der Waals surface area contributed by atoms with Crippen LogP contribution in [0.4, 0.5) is 4.79 Å². The molecule has 0 bridgehead atoms. The molecule has 0 spiro atoms. The normalized spacial score (nSPS) is 12.1. The number of alkyl carbamates (subject to hydrolysis) is 1. The van der Waals surface area contributed by atoms with E-state index >= 15 is 0 Å². The quantitative estimate of drug-likeness (QED) is 0.568. The number of hydrogen-bond donors (Lipinski definition) is 3. The molecule has 1 atom stereocenters. The molecule has 0 saturated carbocycles. The van der Waals surface area contributed by atoms with E-state index in [2.05, 4.69) is 10.6 Å². The van der Waals surface area contributed by atoms with Gasteiger partial charge in [0.05, 0.1) is 6.10 Å². The second-order valence-corrected chi connectivity index (χ2v) is 8.53. The van der Waals surface area contributed by atoms with Crippen molar-refractivity contribution in [1.82, 2.24) is 10.6 Å². The summed E-state index contributed by atoms with van der Waals surface area (Å²) in [6.07, 6.45) is -0.532. The molecule has 0 radical (unpaired) electrons. The third-order valence-electron chi connectivity index (χ3n) is 4.16. The van der Waals surface area contributed by atoms with Gasteiger partial charge in [-0.3, -0.25) is 4.79 Å². The summed E-state index contributed by atoms with van der Waals surface area (Å²) in [6, 6.07) is 11.8. The van der Waals surface area contributed by atoms with Gasteiger partial charge < -0.3 is 25.2 Å². The molecular weight excluding hydrogens is 412 g/mol. The number of ether oxygens (including phenoxy) is 2. The van der Waals surface area contributed by atoms with E-state index in [1.807, 2.05) is 13.8 Å². The van der Waals surface area contributed by atoms with E-state index in [0.29, 0.717) is 16.9 Å². The van der Waals surface area contributed by atoms with E-state index in [0.717, 1.165) is 5.56 Å². The summed E-state index contributed by atoms with van der Waals surface area (Å²) in [4.78, 5) is 36.1. The van der Waals surface area contributed by atoms with Gasteiger partial charge in [0.2, 0.25) is 0 Å². The monoisotopic (exact) mass is 442 g/mol. The second-order valence-electron chi connectivity index (χ2n) is 8.53. The Labute approximate surface area is 187 Å². The second kappa shape index (κ2) is 10.7. The first-order chi connectivity index (χ1) is 14.9. The van der Waals surface area contributed by atoms with Crippen molar-refractivity contribution >= 4 is 18.0 Å². The number of carbonyl (C=O) groups is 3. The third kappa shape index (κ3) is 7.94. The van der Waals surface area contributed by atoms with Crippen LogP contribution >= 0.6 is 0 Å². The average molecular weight is 443 g/mol. The van der Waals surface area contributed by atoms with Crippen molar-refractivity contribution in [2.45, 2.75) is 58.9 Å². The molecule has 2 aromatic carbocycles. The van der Waals surface area contributed by atoms with Crippen LogP contribution in [0.15, 0.2) is 48.5 Å². The Bertz CT molecular complexity index is 930. The third-order valence-corrected chi connectivity index (χ3v) is 4.16. The number of nitrogens with one attached hydrogen (secondary N) is 2. The van der Waals surface area contributed by atoms with Gasteiger partial charge in [0.15, 0.2) is 6.04 Å². The van der Waals surface area contributed by atoms with Crippen molar-refractivity contribution in [2.75, 3.05) is 0 Å². The first-order valence-corrected chi connectivity index (χ1v) is 10.3. The molecule has 0 fully saturated rings. The van der Waals surface area contributed by atoms with Crippen LogP contribution in [0, 0.1) is 0 Å². The molecular formula is C24H30N2O6. The number of aliphatic carboxylic acids is 1. The van der Waals surface area contributed by atoms with Gasteiger partial charge in [-0.1, -0.05) is 24.3 Å². The van der Waals surface area contributed by atoms with Crippen molar-refractivity contribution in [2.24, 2.45) is 0 Å². The van der Waals surface area contributed by atoms with E-state index in [4.69, 9.17) is 9.47 Å². The number of rotatable bonds is 8. The minimum atomic E-state index is -1.22. The predicted octanol–water partition coefficient (Wildman–Crippen LogP) is 4.05. The van der Waals surface area contributed by atoms with Crippen LogP contribution in [0.5, 0.6) is 5.75 Å². The number of carbonyl (C=O) groups excluding carboxylic acids is 2. The van der Waals surface area contributed by atoms with Crippen molar-refractivity contribution in [3.8, 4) is 5.75 Å². The fourth-order valence-electron chi connectivity index (χ4n) is 2.78. The van der Waals surface area contributed by atoms with E-state index in [1.165, 1.54) is 0 Å². The molecule has 2 rings (SSSR count). The van der Waals surface area contributed by atoms with Crippen molar-refractivity contribution in [1.29, 1.82) is 0 Å². The summed E-state index contributed by atoms with van der Waals surface area (Å²) in [6.45, 7) is 9.35. The maximum atomic E-state index is 12.5. The van der Waals surface area contributed by atoms with Crippen LogP contribution in [-0.2, 0) is 16.1 Å². The summed E-state index contributed by atoms with van der Waals surface area (Å²) < 4.78 is 10.7. The summed E-state index contributed by atoms with van der Waals surface area (Å²) in [7, 11) is 0. The first kappa shape index (κ1) is 24.7. The molecule has 0 aliphatic carbocycles. The molecule has 1 unspecified atom stereocenters. The summed E-state index contributed by atoms with van der Waals surface area (Å²) in [5, 5.41) is 14.8. The Morgan fingerprint density at radius 3 is 2.06 bits per heavy atom. The molecule has 0 heterocycles. The molecule has 0 aliphatic heterocycles. The van der Waals surface area contributed by atoms with E-state index < -0.39 is 29.6 Å². The molecule has 3 N–H and O–H groups in total. The Morgan fingerprint density at radius 1 is 0.969 bits per heavy atom. The molecule has 8 heteroatoms. The molecule has 0 aliphatic rings. The Hall–Kier alpha value is -3.55. The zero-order chi connectivity index (χ0) is 23.9. The molecule has 0 aromatic heterocycles. The van der Waals surface area contributed by atoms with Crippen molar-refractivity contribution < 1.29 is 29.0 Å². The summed E-state index contributed by atoms with van der Waals surface area (Å²) in [5.41, 5.74) is 0.899. The minimum absolute atomic E-state index is 0.00775. The van der Waals surface area contributed by atoms with E-state index in [-0.39, 0.29) is 12.6 Å². The maximum absolute atomic E-state index is 12.5. The summed E-state index contributed by atoms with van der Waals surface area (Å²) in [5.74, 6) is -1.07. The lowest BCUT2D eigenvalue weighted by Gasteiger charge is -2.20. The average Bonchev–Trinajstić information content (AvgIpc) is 2.69. The molecule has 0 saturated heterocycles. The Kier molecular flexibility index (Phi) is 8.23. The van der Waals surface area contributed by atoms with Gasteiger partial charge in [-0.05, 0) is 70.0 Å². The van der Waals surface area contributed by atoms with Gasteiger partial charge in [-0.15, -0.1) is 0 Å². The molecule has 2 aromatic rings. The topological polar surface area (TPSA) is 114 Å². The van der Waals surface area contributed by atoms with Crippen LogP contribution in [0.25, 0.3) is 0 Å². The fourth-order valence-corrected chi connectivity index (χ4v) is 2.78. The minimum Gasteiger partial charge on any atom is -0.491 e. The zero-order valence-corrected chi connectivity index (χ0v) is 19.0. The van der Waals surface area contributed by atoms with Gasteiger partial charge in [0, 0.05) is 12.1 Å². The molecule has 2 amide bonds. The predicted molar refractivity (Wildman–Crippen MR) is 120 cm³/mol. The van der Waals surface area contributed by atoms with Gasteiger partial charge in [0.25, 0.3) is 5.91 Å². The number of carboxylic acids is 1. The van der Waals surface area contributed by atoms with Crippen LogP contribution < -0.4 is 15.4 Å². The van der Waals surface area contributed by atoms with Crippen LogP contribution in [0.1, 0.15) is 62.1 Å². The van der Waals surface area contributed by atoms with Crippen LogP contribution in [0.2, 0.25) is 0 Å². The highest BCUT2D eigenvalue weighted by atomic mass is 16.6. The number of benzene rings is 2. The maximum Gasteiger partial charge on any atom is 0.407 e. The SMILES string of the molecule is CC(C)Oc1ccc(C(=O)NC(C(=O)O)c2ccc(CNC(=O)OC(C)(C)C)cc2)cc1. The van der Waals surface area contributed by atoms with E-state index in [9.17, 15) is 19.5 Å². The zero-order valence-electron chi connectivity index (χ0n) is 19.0. The van der Waals surface area contributed by atoms with E-state index in [1.54, 1.807) is 69.3 Å². The first-order valence-electron chi connectivity index (χ1n) is 10.3. The lowest BCUT2D eigenvalue weighted by atomic mass is 10.0.